The third-order valence-corrected chi connectivity index (χ3v) is 7.33. The SMILES string of the molecule is Cc1ccc(C(=O)CCC(=O)NC(C)C23CC4CC(CC(C4)C2)C3)cc1. The Bertz CT molecular complexity index is 655. The Labute approximate surface area is 156 Å². The van der Waals surface area contributed by atoms with Crippen molar-refractivity contribution >= 4 is 11.7 Å². The van der Waals surface area contributed by atoms with E-state index in [-0.39, 0.29) is 17.7 Å². The quantitative estimate of drug-likeness (QED) is 0.755. The van der Waals surface area contributed by atoms with Crippen LogP contribution in [-0.4, -0.2) is 17.7 Å². The van der Waals surface area contributed by atoms with Crippen LogP contribution >= 0.6 is 0 Å². The molecule has 140 valence electrons. The molecule has 26 heavy (non-hydrogen) atoms. The Hall–Kier alpha value is -1.64. The molecule has 1 N–H and O–H groups in total. The first-order valence-corrected chi connectivity index (χ1v) is 10.3. The van der Waals surface area contributed by atoms with Crippen LogP contribution in [0.2, 0.25) is 0 Å². The molecule has 4 fully saturated rings. The Morgan fingerprint density at radius 2 is 1.54 bits per heavy atom. The standard InChI is InChI=1S/C23H31NO2/c1-15-3-5-20(6-4-15)21(25)7-8-22(26)24-16(2)23-12-17-9-18(13-23)11-19(10-17)14-23/h3-6,16-19H,7-14H2,1-2H3,(H,24,26). The molecule has 4 aliphatic carbocycles. The summed E-state index contributed by atoms with van der Waals surface area (Å²) in [6, 6.07) is 7.84. The van der Waals surface area contributed by atoms with Crippen molar-refractivity contribution in [1.29, 1.82) is 0 Å². The summed E-state index contributed by atoms with van der Waals surface area (Å²) in [4.78, 5) is 24.8. The van der Waals surface area contributed by atoms with Crippen LogP contribution < -0.4 is 5.32 Å². The maximum absolute atomic E-state index is 12.5. The van der Waals surface area contributed by atoms with Crippen LogP contribution in [0.3, 0.4) is 0 Å². The lowest BCUT2D eigenvalue weighted by Gasteiger charge is -2.59. The Balaban J connectivity index is 1.31. The predicted octanol–water partition coefficient (Wildman–Crippen LogP) is 4.68. The lowest BCUT2D eigenvalue weighted by molar-refractivity contribution is -0.125. The molecule has 1 unspecified atom stereocenters. The third-order valence-electron chi connectivity index (χ3n) is 7.33. The van der Waals surface area contributed by atoms with Gasteiger partial charge >= 0.3 is 0 Å². The minimum absolute atomic E-state index is 0.0358. The molecule has 0 heterocycles. The zero-order valence-electron chi connectivity index (χ0n) is 16.1. The van der Waals surface area contributed by atoms with Gasteiger partial charge in [-0.15, -0.1) is 0 Å². The van der Waals surface area contributed by atoms with E-state index in [0.717, 1.165) is 23.3 Å². The van der Waals surface area contributed by atoms with Gasteiger partial charge in [0.1, 0.15) is 0 Å². The molecular weight excluding hydrogens is 322 g/mol. The van der Waals surface area contributed by atoms with E-state index >= 15 is 0 Å². The van der Waals surface area contributed by atoms with Gasteiger partial charge in [0, 0.05) is 24.4 Å². The highest BCUT2D eigenvalue weighted by Crippen LogP contribution is 2.61. The van der Waals surface area contributed by atoms with Gasteiger partial charge in [0.2, 0.25) is 5.91 Å². The van der Waals surface area contributed by atoms with Gasteiger partial charge in [0.25, 0.3) is 0 Å². The minimum atomic E-state index is 0.0358. The van der Waals surface area contributed by atoms with Crippen LogP contribution in [0, 0.1) is 30.1 Å². The Kier molecular flexibility index (Phi) is 4.66. The predicted molar refractivity (Wildman–Crippen MR) is 103 cm³/mol. The van der Waals surface area contributed by atoms with Crippen molar-refractivity contribution in [2.75, 3.05) is 0 Å². The third kappa shape index (κ3) is 3.45. The number of carbonyl (C=O) groups excluding carboxylic acids is 2. The van der Waals surface area contributed by atoms with E-state index in [2.05, 4.69) is 12.2 Å². The van der Waals surface area contributed by atoms with Crippen LogP contribution in [-0.2, 0) is 4.79 Å². The van der Waals surface area contributed by atoms with Crippen molar-refractivity contribution in [3.05, 3.63) is 35.4 Å². The topological polar surface area (TPSA) is 46.2 Å². The largest absolute Gasteiger partial charge is 0.353 e. The summed E-state index contributed by atoms with van der Waals surface area (Å²) in [5, 5.41) is 3.26. The smallest absolute Gasteiger partial charge is 0.220 e. The number of nitrogens with one attached hydrogen (secondary N) is 1. The average molecular weight is 354 g/mol. The number of hydrogen-bond acceptors (Lipinski definition) is 2. The minimum Gasteiger partial charge on any atom is -0.353 e. The van der Waals surface area contributed by atoms with Gasteiger partial charge in [0.15, 0.2) is 5.78 Å². The normalized spacial score (nSPS) is 33.1. The van der Waals surface area contributed by atoms with Crippen LogP contribution in [0.1, 0.15) is 74.2 Å². The molecule has 1 atom stereocenters. The summed E-state index contributed by atoms with van der Waals surface area (Å²) in [6.45, 7) is 4.21. The van der Waals surface area contributed by atoms with Crippen molar-refractivity contribution in [2.24, 2.45) is 23.2 Å². The molecule has 3 heteroatoms. The second-order valence-corrected chi connectivity index (χ2v) is 9.36. The lowest BCUT2D eigenvalue weighted by Crippen LogP contribution is -2.55. The first-order chi connectivity index (χ1) is 12.4. The molecule has 0 radical (unpaired) electrons. The van der Waals surface area contributed by atoms with E-state index in [0.29, 0.717) is 23.8 Å². The van der Waals surface area contributed by atoms with Crippen LogP contribution in [0.25, 0.3) is 0 Å². The molecule has 4 saturated carbocycles. The van der Waals surface area contributed by atoms with Gasteiger partial charge in [-0.1, -0.05) is 29.8 Å². The highest BCUT2D eigenvalue weighted by Gasteiger charge is 2.53. The molecule has 0 saturated heterocycles. The number of Topliss-reactive ketones (excluding diaryl/α,β-unsaturated/α-hetero) is 1. The van der Waals surface area contributed by atoms with Crippen LogP contribution in [0.15, 0.2) is 24.3 Å². The second kappa shape index (κ2) is 6.83. The maximum atomic E-state index is 12.5. The van der Waals surface area contributed by atoms with E-state index < -0.39 is 0 Å². The van der Waals surface area contributed by atoms with E-state index in [9.17, 15) is 9.59 Å². The number of hydrogen-bond donors (Lipinski definition) is 1. The van der Waals surface area contributed by atoms with E-state index in [1.54, 1.807) is 0 Å². The summed E-state index contributed by atoms with van der Waals surface area (Å²) in [6.07, 6.45) is 8.74. The van der Waals surface area contributed by atoms with Crippen molar-refractivity contribution < 1.29 is 9.59 Å². The Morgan fingerprint density at radius 1 is 1.00 bits per heavy atom. The number of benzene rings is 1. The summed E-state index contributed by atoms with van der Waals surface area (Å²) < 4.78 is 0. The summed E-state index contributed by atoms with van der Waals surface area (Å²) in [5.41, 5.74) is 2.17. The van der Waals surface area contributed by atoms with Gasteiger partial charge in [-0.25, -0.2) is 0 Å². The molecule has 5 rings (SSSR count). The van der Waals surface area contributed by atoms with Crippen molar-refractivity contribution in [1.82, 2.24) is 5.32 Å². The molecule has 1 aromatic rings. The van der Waals surface area contributed by atoms with E-state index in [4.69, 9.17) is 0 Å². The first kappa shape index (κ1) is 17.8. The second-order valence-electron chi connectivity index (χ2n) is 9.36. The van der Waals surface area contributed by atoms with E-state index in [1.165, 1.54) is 38.5 Å². The molecular formula is C23H31NO2. The van der Waals surface area contributed by atoms with Gasteiger partial charge in [0.05, 0.1) is 0 Å². The summed E-state index contributed by atoms with van der Waals surface area (Å²) in [5.74, 6) is 2.77. The fraction of sp³-hybridized carbons (Fsp3) is 0.652. The molecule has 4 bridgehead atoms. The zero-order chi connectivity index (χ0) is 18.3. The fourth-order valence-electron chi connectivity index (χ4n) is 6.29. The van der Waals surface area contributed by atoms with Crippen molar-refractivity contribution in [3.63, 3.8) is 0 Å². The lowest BCUT2D eigenvalue weighted by atomic mass is 9.48. The van der Waals surface area contributed by atoms with Gasteiger partial charge in [-0.2, -0.15) is 0 Å². The maximum Gasteiger partial charge on any atom is 0.220 e. The molecule has 0 aromatic heterocycles. The summed E-state index contributed by atoms with van der Waals surface area (Å²) >= 11 is 0. The monoisotopic (exact) mass is 353 g/mol. The highest BCUT2D eigenvalue weighted by atomic mass is 16.2. The number of carbonyl (C=O) groups is 2. The van der Waals surface area contributed by atoms with Crippen LogP contribution in [0.5, 0.6) is 0 Å². The fourth-order valence-corrected chi connectivity index (χ4v) is 6.29. The number of aryl methyl sites for hydroxylation is 1. The first-order valence-electron chi connectivity index (χ1n) is 10.3. The molecule has 1 amide bonds. The van der Waals surface area contributed by atoms with Gasteiger partial charge < -0.3 is 5.32 Å². The molecule has 0 spiro atoms. The summed E-state index contributed by atoms with van der Waals surface area (Å²) in [7, 11) is 0. The van der Waals surface area contributed by atoms with Gasteiger partial charge in [-0.05, 0) is 75.5 Å². The molecule has 1 aromatic carbocycles. The highest BCUT2D eigenvalue weighted by molar-refractivity contribution is 5.98. The Morgan fingerprint density at radius 3 is 2.08 bits per heavy atom. The molecule has 4 aliphatic rings. The number of rotatable bonds is 6. The van der Waals surface area contributed by atoms with Crippen molar-refractivity contribution in [2.45, 2.75) is 71.3 Å². The zero-order valence-corrected chi connectivity index (χ0v) is 16.1. The van der Waals surface area contributed by atoms with Gasteiger partial charge in [-0.3, -0.25) is 9.59 Å². The number of ketones is 1. The van der Waals surface area contributed by atoms with Crippen LogP contribution in [0.4, 0.5) is 0 Å². The van der Waals surface area contributed by atoms with Crippen molar-refractivity contribution in [3.8, 4) is 0 Å². The molecule has 0 aliphatic heterocycles. The van der Waals surface area contributed by atoms with E-state index in [1.807, 2.05) is 31.2 Å². The number of amides is 1. The average Bonchev–Trinajstić information content (AvgIpc) is 2.59. The molecule has 3 nitrogen and oxygen atoms in total.